The topological polar surface area (TPSA) is 43.4 Å². The first-order chi connectivity index (χ1) is 10.4. The van der Waals surface area contributed by atoms with Gasteiger partial charge in [-0.25, -0.2) is 0 Å². The van der Waals surface area contributed by atoms with Crippen LogP contribution in [0, 0.1) is 23.2 Å². The Kier molecular flexibility index (Phi) is 2.95. The molecule has 3 heteroatoms. The number of ether oxygens (including phenoxy) is 1. The summed E-state index contributed by atoms with van der Waals surface area (Å²) in [4.78, 5) is 23.5. The maximum absolute atomic E-state index is 11.8. The van der Waals surface area contributed by atoms with E-state index in [9.17, 15) is 9.59 Å². The lowest BCUT2D eigenvalue weighted by molar-refractivity contribution is -0.188. The average Bonchev–Trinajstić information content (AvgIpc) is 2.46. The zero-order valence-electron chi connectivity index (χ0n) is 13.4. The van der Waals surface area contributed by atoms with Crippen LogP contribution in [0.5, 0.6) is 0 Å². The van der Waals surface area contributed by atoms with E-state index in [4.69, 9.17) is 4.74 Å². The van der Waals surface area contributed by atoms with Gasteiger partial charge < -0.3 is 4.74 Å². The molecule has 0 radical (unpaired) electrons. The average molecular weight is 300 g/mol. The van der Waals surface area contributed by atoms with E-state index in [1.807, 2.05) is 6.08 Å². The Bertz CT molecular complexity index is 602. The molecule has 0 unspecified atom stereocenters. The fourth-order valence-corrected chi connectivity index (χ4v) is 5.52. The summed E-state index contributed by atoms with van der Waals surface area (Å²) < 4.78 is 5.77. The van der Waals surface area contributed by atoms with Gasteiger partial charge in [-0.05, 0) is 61.5 Å². The second-order valence-electron chi connectivity index (χ2n) is 8.00. The number of esters is 1. The minimum atomic E-state index is -0.289. The van der Waals surface area contributed by atoms with Crippen molar-refractivity contribution in [3.8, 4) is 0 Å². The Morgan fingerprint density at radius 2 is 1.91 bits per heavy atom. The summed E-state index contributed by atoms with van der Waals surface area (Å²) in [5, 5.41) is 0. The van der Waals surface area contributed by atoms with Crippen LogP contribution in [0.1, 0.15) is 52.4 Å². The molecule has 0 N–H and O–H groups in total. The lowest BCUT2D eigenvalue weighted by Gasteiger charge is -2.57. The molecule has 5 atom stereocenters. The van der Waals surface area contributed by atoms with Gasteiger partial charge in [-0.15, -0.1) is 0 Å². The third-order valence-corrected chi connectivity index (χ3v) is 6.85. The van der Waals surface area contributed by atoms with Gasteiger partial charge in [0.15, 0.2) is 5.78 Å². The van der Waals surface area contributed by atoms with Crippen LogP contribution >= 0.6 is 0 Å². The van der Waals surface area contributed by atoms with Crippen LogP contribution in [0.4, 0.5) is 0 Å². The molecule has 3 nitrogen and oxygen atoms in total. The van der Waals surface area contributed by atoms with Crippen molar-refractivity contribution < 1.29 is 14.3 Å². The molecule has 1 saturated heterocycles. The fourth-order valence-electron chi connectivity index (χ4n) is 5.52. The number of hydrogen-bond donors (Lipinski definition) is 0. The molecular weight excluding hydrogens is 276 g/mol. The van der Waals surface area contributed by atoms with Crippen LogP contribution in [0.15, 0.2) is 23.8 Å². The lowest BCUT2D eigenvalue weighted by atomic mass is 9.50. The maximum atomic E-state index is 11.8. The van der Waals surface area contributed by atoms with Crippen molar-refractivity contribution in [2.45, 2.75) is 58.0 Å². The molecule has 118 valence electrons. The maximum Gasteiger partial charge on any atom is 0.306 e. The van der Waals surface area contributed by atoms with E-state index in [-0.39, 0.29) is 22.8 Å². The quantitative estimate of drug-likeness (QED) is 0.642. The van der Waals surface area contributed by atoms with Crippen LogP contribution in [0.25, 0.3) is 0 Å². The third kappa shape index (κ3) is 1.87. The Morgan fingerprint density at radius 1 is 1.09 bits per heavy atom. The van der Waals surface area contributed by atoms with Crippen molar-refractivity contribution in [2.75, 3.05) is 0 Å². The zero-order valence-corrected chi connectivity index (χ0v) is 13.4. The monoisotopic (exact) mass is 300 g/mol. The number of fused-ring (bicyclic) bond motifs is 5. The molecule has 1 aliphatic heterocycles. The molecule has 22 heavy (non-hydrogen) atoms. The van der Waals surface area contributed by atoms with Crippen molar-refractivity contribution in [3.63, 3.8) is 0 Å². The third-order valence-electron chi connectivity index (χ3n) is 6.85. The molecule has 0 bridgehead atoms. The lowest BCUT2D eigenvalue weighted by Crippen LogP contribution is -2.55. The summed E-state index contributed by atoms with van der Waals surface area (Å²) in [7, 11) is 0. The van der Waals surface area contributed by atoms with Gasteiger partial charge in [0.05, 0.1) is 0 Å². The summed E-state index contributed by atoms with van der Waals surface area (Å²) in [5.41, 5.74) is 1.06. The number of allylic oxidation sites excluding steroid dienone is 4. The second kappa shape index (κ2) is 4.56. The molecule has 0 aromatic heterocycles. The predicted molar refractivity (Wildman–Crippen MR) is 83.0 cm³/mol. The minimum Gasteiger partial charge on any atom is -0.459 e. The van der Waals surface area contributed by atoms with Crippen LogP contribution in [0.3, 0.4) is 0 Å². The molecule has 3 aliphatic carbocycles. The van der Waals surface area contributed by atoms with E-state index in [1.165, 1.54) is 5.57 Å². The van der Waals surface area contributed by atoms with E-state index in [1.54, 1.807) is 0 Å². The van der Waals surface area contributed by atoms with Crippen molar-refractivity contribution in [1.82, 2.24) is 0 Å². The standard InChI is InChI=1S/C19H24O3/c1-18-9-7-13(20)11-12(18)3-4-14-15(18)8-10-19(2)16(14)5-6-17(21)22-19/h3-4,11,14-16H,5-10H2,1-2H3/t14-,15-,16+,18-,19+/m0/s1. The Morgan fingerprint density at radius 3 is 2.73 bits per heavy atom. The number of carbonyl (C=O) groups is 2. The number of carbonyl (C=O) groups excluding carboxylic acids is 2. The fraction of sp³-hybridized carbons (Fsp3) is 0.684. The normalized spacial score (nSPS) is 47.0. The van der Waals surface area contributed by atoms with Crippen molar-refractivity contribution in [1.29, 1.82) is 0 Å². The van der Waals surface area contributed by atoms with Gasteiger partial charge in [0, 0.05) is 18.8 Å². The van der Waals surface area contributed by atoms with Crippen molar-refractivity contribution in [3.05, 3.63) is 23.8 Å². The van der Waals surface area contributed by atoms with Crippen molar-refractivity contribution >= 4 is 11.8 Å². The Hall–Kier alpha value is -1.38. The first-order valence-corrected chi connectivity index (χ1v) is 8.57. The molecule has 0 amide bonds. The van der Waals surface area contributed by atoms with Gasteiger partial charge in [-0.1, -0.05) is 19.1 Å². The zero-order chi connectivity index (χ0) is 15.5. The molecular formula is C19H24O3. The summed E-state index contributed by atoms with van der Waals surface area (Å²) in [5.74, 6) is 1.71. The molecule has 4 rings (SSSR count). The van der Waals surface area contributed by atoms with Crippen molar-refractivity contribution in [2.24, 2.45) is 23.2 Å². The summed E-state index contributed by atoms with van der Waals surface area (Å²) in [6.07, 6.45) is 11.5. The molecule has 0 aromatic carbocycles. The van der Waals surface area contributed by atoms with E-state index in [0.29, 0.717) is 30.6 Å². The molecule has 0 aromatic rings. The SMILES string of the molecule is C[C@@]12CC[C@H]3[C@H](C=CC4=CC(=O)CC[C@@]43C)[C@H]1CCC(=O)O2. The van der Waals surface area contributed by atoms with E-state index < -0.39 is 0 Å². The van der Waals surface area contributed by atoms with E-state index in [0.717, 1.165) is 25.7 Å². The number of ketones is 1. The van der Waals surface area contributed by atoms with Crippen LogP contribution in [-0.4, -0.2) is 17.4 Å². The summed E-state index contributed by atoms with van der Waals surface area (Å²) >= 11 is 0. The highest BCUT2D eigenvalue weighted by Crippen LogP contribution is 2.59. The minimum absolute atomic E-state index is 0.0351. The highest BCUT2D eigenvalue weighted by Gasteiger charge is 2.56. The smallest absolute Gasteiger partial charge is 0.306 e. The highest BCUT2D eigenvalue weighted by atomic mass is 16.6. The molecule has 2 fully saturated rings. The summed E-state index contributed by atoms with van der Waals surface area (Å²) in [6, 6.07) is 0. The van der Waals surface area contributed by atoms with Gasteiger partial charge in [0.25, 0.3) is 0 Å². The van der Waals surface area contributed by atoms with Gasteiger partial charge in [-0.3, -0.25) is 9.59 Å². The van der Waals surface area contributed by atoms with Gasteiger partial charge in [0.2, 0.25) is 0 Å². The van der Waals surface area contributed by atoms with Gasteiger partial charge in [0.1, 0.15) is 5.60 Å². The Labute approximate surface area is 131 Å². The molecule has 1 saturated carbocycles. The van der Waals surface area contributed by atoms with Crippen LogP contribution < -0.4 is 0 Å². The first-order valence-electron chi connectivity index (χ1n) is 8.57. The first kappa shape index (κ1) is 14.2. The van der Waals surface area contributed by atoms with E-state index in [2.05, 4.69) is 26.0 Å². The van der Waals surface area contributed by atoms with Crippen LogP contribution in [-0.2, 0) is 14.3 Å². The number of rotatable bonds is 0. The number of hydrogen-bond acceptors (Lipinski definition) is 3. The van der Waals surface area contributed by atoms with E-state index >= 15 is 0 Å². The largest absolute Gasteiger partial charge is 0.459 e. The van der Waals surface area contributed by atoms with Crippen LogP contribution in [0.2, 0.25) is 0 Å². The van der Waals surface area contributed by atoms with Gasteiger partial charge >= 0.3 is 5.97 Å². The molecule has 1 heterocycles. The predicted octanol–water partition coefficient (Wildman–Crippen LogP) is 3.59. The second-order valence-corrected chi connectivity index (χ2v) is 8.00. The Balaban J connectivity index is 1.73. The van der Waals surface area contributed by atoms with Gasteiger partial charge in [-0.2, -0.15) is 0 Å². The molecule has 4 aliphatic rings. The summed E-state index contributed by atoms with van der Waals surface area (Å²) in [6.45, 7) is 4.46. The highest BCUT2D eigenvalue weighted by molar-refractivity contribution is 5.92. The molecule has 0 spiro atoms.